The first-order valence-electron chi connectivity index (χ1n) is 13.4. The van der Waals surface area contributed by atoms with E-state index >= 15 is 0 Å². The molecule has 0 amide bonds. The van der Waals surface area contributed by atoms with Crippen molar-refractivity contribution in [3.8, 4) is 0 Å². The average Bonchev–Trinajstić information content (AvgIpc) is 3.78. The van der Waals surface area contributed by atoms with Crippen molar-refractivity contribution >= 4 is 50.5 Å². The van der Waals surface area contributed by atoms with Crippen LogP contribution in [0.3, 0.4) is 0 Å². The second kappa shape index (κ2) is 13.5. The lowest BCUT2D eigenvalue weighted by molar-refractivity contribution is -0.191. The first-order chi connectivity index (χ1) is 21.6. The van der Waals surface area contributed by atoms with E-state index in [1.165, 1.54) is 29.5 Å². The number of aryl methyl sites for hydroxylation is 1. The van der Waals surface area contributed by atoms with E-state index in [-0.39, 0.29) is 34.7 Å². The lowest BCUT2D eigenvalue weighted by Gasteiger charge is -2.32. The van der Waals surface area contributed by atoms with E-state index in [0.29, 0.717) is 32.4 Å². The quantitative estimate of drug-likeness (QED) is 0.262. The Morgan fingerprint density at radius 1 is 1.16 bits per heavy atom. The minimum absolute atomic E-state index is 0.104. The summed E-state index contributed by atoms with van der Waals surface area (Å²) in [7, 11) is -3.88. The lowest BCUT2D eigenvalue weighted by Crippen LogP contribution is -2.39. The van der Waals surface area contributed by atoms with Crippen molar-refractivity contribution in [1.82, 2.24) is 24.4 Å². The highest BCUT2D eigenvalue weighted by Gasteiger charge is 2.42. The highest BCUT2D eigenvalue weighted by atomic mass is 35.5. The van der Waals surface area contributed by atoms with Crippen molar-refractivity contribution in [2.24, 2.45) is 4.99 Å². The van der Waals surface area contributed by atoms with Crippen molar-refractivity contribution in [2.75, 3.05) is 6.54 Å². The van der Waals surface area contributed by atoms with Gasteiger partial charge in [0, 0.05) is 58.6 Å². The van der Waals surface area contributed by atoms with Crippen molar-refractivity contribution in [3.05, 3.63) is 105 Å². The van der Waals surface area contributed by atoms with Gasteiger partial charge >= 0.3 is 12.7 Å². The molecule has 2 aromatic heterocycles. The molecule has 2 atom stereocenters. The number of sulfonamides is 1. The fraction of sp³-hybridized carbons (Fsp3) is 0.241. The van der Waals surface area contributed by atoms with E-state index in [9.17, 15) is 21.6 Å². The van der Waals surface area contributed by atoms with Crippen LogP contribution in [0.4, 0.5) is 13.2 Å². The monoisotopic (exact) mass is 676 g/mol. The smallest absolute Gasteiger partial charge is 0.326 e. The molecule has 1 fully saturated rings. The molecule has 2 aromatic carbocycles. The van der Waals surface area contributed by atoms with Gasteiger partial charge in [-0.1, -0.05) is 36.7 Å². The maximum absolute atomic E-state index is 14.0. The number of fused-ring (bicyclic) bond motifs is 1. The Hall–Kier alpha value is -4.14. The molecule has 0 saturated carbocycles. The molecule has 1 saturated heterocycles. The maximum atomic E-state index is 14.0. The second-order valence-corrected chi connectivity index (χ2v) is 12.9. The van der Waals surface area contributed by atoms with Crippen molar-refractivity contribution in [3.63, 3.8) is 0 Å². The van der Waals surface area contributed by atoms with E-state index in [4.69, 9.17) is 26.2 Å². The van der Waals surface area contributed by atoms with Gasteiger partial charge in [-0.15, -0.1) is 11.3 Å². The summed E-state index contributed by atoms with van der Waals surface area (Å²) in [5.74, 6) is -0.0692. The summed E-state index contributed by atoms with van der Waals surface area (Å²) >= 11 is 7.84. The number of alkyl halides is 2. The summed E-state index contributed by atoms with van der Waals surface area (Å²) in [4.78, 5) is 27.6. The molecule has 0 bridgehead atoms. The molecule has 0 radical (unpaired) electrons. The van der Waals surface area contributed by atoms with Crippen LogP contribution in [0.15, 0.2) is 81.9 Å². The van der Waals surface area contributed by atoms with Gasteiger partial charge in [0.15, 0.2) is 10.8 Å². The maximum Gasteiger partial charge on any atom is 0.373 e. The number of benzene rings is 2. The molecular formula is C29H24ClF3N6O4S2. The van der Waals surface area contributed by atoms with Gasteiger partial charge in [-0.05, 0) is 42.3 Å². The molecule has 10 nitrogen and oxygen atoms in total. The molecule has 2 aliphatic heterocycles. The summed E-state index contributed by atoms with van der Waals surface area (Å²) in [5.41, 5.74) is 2.79. The third-order valence-corrected chi connectivity index (χ3v) is 9.82. The van der Waals surface area contributed by atoms with E-state index < -0.39 is 34.5 Å². The summed E-state index contributed by atoms with van der Waals surface area (Å²) in [6, 6.07) is 10.6. The third kappa shape index (κ3) is 6.77. The zero-order valence-electron chi connectivity index (χ0n) is 23.4. The van der Waals surface area contributed by atoms with Crippen LogP contribution in [0.5, 0.6) is 0 Å². The Labute approximate surface area is 264 Å². The van der Waals surface area contributed by atoms with Crippen LogP contribution in [-0.4, -0.2) is 52.7 Å². The van der Waals surface area contributed by atoms with Gasteiger partial charge in [-0.2, -0.15) is 23.5 Å². The van der Waals surface area contributed by atoms with Crippen molar-refractivity contribution in [2.45, 2.75) is 43.3 Å². The number of aromatic nitrogens is 3. The SMILES string of the molecule is CCc1ccc(S(=O)(=O)N[C@H]2CC3=C(c4ccn(C(F)F)n4)[C@H](c4ccc(F)cc4Cl)N=C(c4nccs4)N3C2)cc1.O=C=O. The van der Waals surface area contributed by atoms with E-state index in [1.54, 1.807) is 35.8 Å². The van der Waals surface area contributed by atoms with E-state index in [0.717, 1.165) is 24.2 Å². The number of hydrogen-bond donors (Lipinski definition) is 1. The molecule has 234 valence electrons. The van der Waals surface area contributed by atoms with E-state index in [2.05, 4.69) is 14.8 Å². The molecule has 0 unspecified atom stereocenters. The predicted octanol–water partition coefficient (Wildman–Crippen LogP) is 5.47. The van der Waals surface area contributed by atoms with Gasteiger partial charge in [0.25, 0.3) is 0 Å². The zero-order chi connectivity index (χ0) is 32.3. The molecule has 6 rings (SSSR count). The molecule has 4 aromatic rings. The number of hydrogen-bond acceptors (Lipinski definition) is 9. The molecule has 2 aliphatic rings. The van der Waals surface area contributed by atoms with Crippen LogP contribution in [0, 0.1) is 5.82 Å². The van der Waals surface area contributed by atoms with Crippen LogP contribution in [0.25, 0.3) is 5.57 Å². The molecule has 0 spiro atoms. The van der Waals surface area contributed by atoms with Crippen LogP contribution in [0.2, 0.25) is 5.02 Å². The van der Waals surface area contributed by atoms with Crippen LogP contribution >= 0.6 is 22.9 Å². The predicted molar refractivity (Wildman–Crippen MR) is 159 cm³/mol. The molecule has 16 heteroatoms. The Kier molecular flexibility index (Phi) is 9.65. The minimum Gasteiger partial charge on any atom is -0.326 e. The van der Waals surface area contributed by atoms with Gasteiger partial charge in [0.05, 0.1) is 10.6 Å². The van der Waals surface area contributed by atoms with E-state index in [1.807, 2.05) is 11.8 Å². The van der Waals surface area contributed by atoms with Gasteiger partial charge in [-0.3, -0.25) is 4.99 Å². The molecule has 4 heterocycles. The first-order valence-corrected chi connectivity index (χ1v) is 16.2. The second-order valence-electron chi connectivity index (χ2n) is 9.89. The number of halogens is 4. The molecule has 45 heavy (non-hydrogen) atoms. The number of aliphatic imine (C=N–C) groups is 1. The highest BCUT2D eigenvalue weighted by molar-refractivity contribution is 7.89. The number of rotatable bonds is 8. The zero-order valence-corrected chi connectivity index (χ0v) is 25.8. The number of nitrogens with one attached hydrogen (secondary N) is 1. The Balaban J connectivity index is 0.00000128. The Morgan fingerprint density at radius 3 is 2.49 bits per heavy atom. The first kappa shape index (κ1) is 32.3. The van der Waals surface area contributed by atoms with Crippen molar-refractivity contribution in [1.29, 1.82) is 0 Å². The fourth-order valence-electron chi connectivity index (χ4n) is 5.22. The molecule has 1 N–H and O–H groups in total. The summed E-state index contributed by atoms with van der Waals surface area (Å²) in [6.45, 7) is -0.670. The number of nitrogens with zero attached hydrogens (tertiary/aromatic N) is 5. The highest BCUT2D eigenvalue weighted by Crippen LogP contribution is 2.46. The standard InChI is InChI=1S/C28H24ClF3N6O2S2.CO2/c1-2-16-3-6-19(7-4-16)42(39,40)36-18-14-23-24(22-9-11-38(35-22)28(31)32)25(20-8-5-17(30)13-21(20)29)34-26(37(23)15-18)27-33-10-12-41-27;2-1-3/h3-13,18,25,28,36H,2,14-15H2,1H3;/t18-,25-;/m0./s1. The van der Waals surface area contributed by atoms with Gasteiger partial charge < -0.3 is 4.90 Å². The number of carbonyl (C=O) groups excluding carboxylic acids is 2. The summed E-state index contributed by atoms with van der Waals surface area (Å²) < 4.78 is 71.2. The number of amidine groups is 1. The minimum atomic E-state index is -3.88. The van der Waals surface area contributed by atoms with Crippen LogP contribution in [0.1, 0.15) is 47.8 Å². The number of thiazole rings is 1. The van der Waals surface area contributed by atoms with Gasteiger partial charge in [0.1, 0.15) is 11.9 Å². The third-order valence-electron chi connectivity index (χ3n) is 7.19. The Morgan fingerprint density at radius 2 is 1.89 bits per heavy atom. The Bertz CT molecular complexity index is 1890. The van der Waals surface area contributed by atoms with Gasteiger partial charge in [-0.25, -0.2) is 27.2 Å². The lowest BCUT2D eigenvalue weighted by atomic mass is 9.92. The fourth-order valence-corrected chi connectivity index (χ4v) is 7.36. The molecule has 0 aliphatic carbocycles. The van der Waals surface area contributed by atoms with Gasteiger partial charge in [0.2, 0.25) is 10.0 Å². The van der Waals surface area contributed by atoms with Crippen molar-refractivity contribution < 1.29 is 31.2 Å². The topological polar surface area (TPSA) is 127 Å². The van der Waals surface area contributed by atoms with Crippen LogP contribution in [-0.2, 0) is 26.0 Å². The average molecular weight is 677 g/mol. The summed E-state index contributed by atoms with van der Waals surface area (Å²) in [6.07, 6.45) is 4.03. The molecular weight excluding hydrogens is 653 g/mol. The summed E-state index contributed by atoms with van der Waals surface area (Å²) in [5, 5.41) is 6.58. The largest absolute Gasteiger partial charge is 0.373 e. The normalized spacial score (nSPS) is 17.9. The van der Waals surface area contributed by atoms with Crippen LogP contribution < -0.4 is 4.72 Å².